The molecule has 3 aliphatic rings. The first-order valence-corrected chi connectivity index (χ1v) is 9.19. The number of anilines is 1. The molecule has 2 aromatic heterocycles. The smallest absolute Gasteiger partial charge is 0.339 e. The molecule has 3 saturated heterocycles. The fourth-order valence-corrected chi connectivity index (χ4v) is 4.04. The quantitative estimate of drug-likeness (QED) is 0.892. The number of pyridine rings is 2. The van der Waals surface area contributed by atoms with Gasteiger partial charge in [-0.3, -0.25) is 9.78 Å². The van der Waals surface area contributed by atoms with Gasteiger partial charge in [0.1, 0.15) is 11.4 Å². The van der Waals surface area contributed by atoms with Gasteiger partial charge < -0.3 is 14.9 Å². The maximum atomic E-state index is 13.0. The Kier molecular flexibility index (Phi) is 4.51. The normalized spacial score (nSPS) is 22.0. The van der Waals surface area contributed by atoms with Crippen LogP contribution >= 0.6 is 0 Å². The van der Waals surface area contributed by atoms with Crippen molar-refractivity contribution in [2.45, 2.75) is 32.4 Å². The van der Waals surface area contributed by atoms with Crippen molar-refractivity contribution >= 4 is 17.7 Å². The van der Waals surface area contributed by atoms with Gasteiger partial charge >= 0.3 is 5.97 Å². The summed E-state index contributed by atoms with van der Waals surface area (Å²) in [7, 11) is 0. The Labute approximate surface area is 157 Å². The minimum Gasteiger partial charge on any atom is -0.478 e. The first-order chi connectivity index (χ1) is 13.0. The van der Waals surface area contributed by atoms with E-state index in [1.165, 1.54) is 0 Å². The van der Waals surface area contributed by atoms with Crippen LogP contribution in [0.15, 0.2) is 36.5 Å². The first-order valence-electron chi connectivity index (χ1n) is 9.19. The highest BCUT2D eigenvalue weighted by atomic mass is 16.4. The molecule has 27 heavy (non-hydrogen) atoms. The lowest BCUT2D eigenvalue weighted by Gasteiger charge is -2.35. The lowest BCUT2D eigenvalue weighted by molar-refractivity contribution is -0.140. The van der Waals surface area contributed by atoms with E-state index in [0.29, 0.717) is 25.5 Å². The van der Waals surface area contributed by atoms with E-state index in [2.05, 4.69) is 9.97 Å². The number of rotatable bonds is 4. The average Bonchev–Trinajstić information content (AvgIpc) is 2.95. The maximum Gasteiger partial charge on any atom is 0.339 e. The standard InChI is InChI=1S/C20H22N4O3/c1-13-5-8-17(20(26)27)18(22-13)23-10-14-6-7-16(12-23)24(19(14)25)11-15-4-2-3-9-21-15/h2-5,8-9,14,16H,6-7,10-12H2,1H3,(H,26,27). The summed E-state index contributed by atoms with van der Waals surface area (Å²) in [5.74, 6) is -0.544. The molecule has 2 bridgehead atoms. The van der Waals surface area contributed by atoms with Crippen molar-refractivity contribution in [1.82, 2.24) is 14.9 Å². The number of carbonyl (C=O) groups is 2. The zero-order valence-corrected chi connectivity index (χ0v) is 15.2. The molecule has 7 heteroatoms. The van der Waals surface area contributed by atoms with Crippen LogP contribution in [0.2, 0.25) is 0 Å². The Bertz CT molecular complexity index is 871. The predicted octanol–water partition coefficient (Wildman–Crippen LogP) is 2.11. The molecule has 2 unspecified atom stereocenters. The number of hydrogen-bond donors (Lipinski definition) is 1. The Balaban J connectivity index is 1.64. The van der Waals surface area contributed by atoms with Gasteiger partial charge in [0.05, 0.1) is 18.2 Å². The predicted molar refractivity (Wildman–Crippen MR) is 99.4 cm³/mol. The monoisotopic (exact) mass is 366 g/mol. The number of carboxylic acids is 1. The average molecular weight is 366 g/mol. The van der Waals surface area contributed by atoms with Gasteiger partial charge in [-0.1, -0.05) is 6.07 Å². The molecule has 1 N–H and O–H groups in total. The van der Waals surface area contributed by atoms with Gasteiger partial charge in [0.2, 0.25) is 5.91 Å². The fourth-order valence-electron chi connectivity index (χ4n) is 4.04. The maximum absolute atomic E-state index is 13.0. The number of hydrogen-bond acceptors (Lipinski definition) is 5. The third kappa shape index (κ3) is 3.37. The molecule has 0 aliphatic carbocycles. The molecule has 0 radical (unpaired) electrons. The number of carboxylic acid groups (broad SMARTS) is 1. The number of piperidine rings is 1. The third-order valence-electron chi connectivity index (χ3n) is 5.40. The van der Waals surface area contributed by atoms with E-state index in [4.69, 9.17) is 0 Å². The molecule has 7 nitrogen and oxygen atoms in total. The van der Waals surface area contributed by atoms with Gasteiger partial charge in [-0.25, -0.2) is 9.78 Å². The summed E-state index contributed by atoms with van der Waals surface area (Å²) in [5.41, 5.74) is 1.82. The lowest BCUT2D eigenvalue weighted by atomic mass is 9.94. The van der Waals surface area contributed by atoms with E-state index < -0.39 is 5.97 Å². The fraction of sp³-hybridized carbons (Fsp3) is 0.400. The zero-order valence-electron chi connectivity index (χ0n) is 15.2. The van der Waals surface area contributed by atoms with Crippen LogP contribution in [0.5, 0.6) is 0 Å². The molecule has 3 aliphatic heterocycles. The molecular formula is C20H22N4O3. The van der Waals surface area contributed by atoms with E-state index in [1.54, 1.807) is 18.3 Å². The van der Waals surface area contributed by atoms with Gasteiger partial charge in [0.15, 0.2) is 0 Å². The van der Waals surface area contributed by atoms with Crippen molar-refractivity contribution in [2.75, 3.05) is 18.0 Å². The van der Waals surface area contributed by atoms with Crippen molar-refractivity contribution in [3.63, 3.8) is 0 Å². The number of fused-ring (bicyclic) bond motifs is 4. The molecule has 1 amide bonds. The van der Waals surface area contributed by atoms with Crippen LogP contribution in [0, 0.1) is 12.8 Å². The van der Waals surface area contributed by atoms with Crippen molar-refractivity contribution < 1.29 is 14.7 Å². The van der Waals surface area contributed by atoms with Gasteiger partial charge in [-0.05, 0) is 44.0 Å². The van der Waals surface area contributed by atoms with Crippen LogP contribution in [0.25, 0.3) is 0 Å². The van der Waals surface area contributed by atoms with E-state index in [9.17, 15) is 14.7 Å². The van der Waals surface area contributed by atoms with Crippen LogP contribution < -0.4 is 4.90 Å². The Morgan fingerprint density at radius 3 is 2.81 bits per heavy atom. The van der Waals surface area contributed by atoms with Crippen molar-refractivity contribution in [2.24, 2.45) is 5.92 Å². The third-order valence-corrected chi connectivity index (χ3v) is 5.40. The van der Waals surface area contributed by atoms with Crippen molar-refractivity contribution in [3.05, 3.63) is 53.5 Å². The number of aryl methyl sites for hydroxylation is 1. The molecule has 3 fully saturated rings. The summed E-state index contributed by atoms with van der Waals surface area (Å²) in [6.07, 6.45) is 3.47. The SMILES string of the molecule is Cc1ccc(C(=O)O)c(N2CC3CCC(C2)N(Cc2ccccn2)C3=O)n1. The minimum absolute atomic E-state index is 0.0298. The number of nitrogens with zero attached hydrogens (tertiary/aromatic N) is 4. The number of carbonyl (C=O) groups excluding carboxylic acids is 1. The second-order valence-corrected chi connectivity index (χ2v) is 7.25. The van der Waals surface area contributed by atoms with Crippen LogP contribution in [0.3, 0.4) is 0 Å². The summed E-state index contributed by atoms with van der Waals surface area (Å²) in [5, 5.41) is 9.55. The van der Waals surface area contributed by atoms with E-state index in [0.717, 1.165) is 24.2 Å². The molecule has 0 aromatic carbocycles. The van der Waals surface area contributed by atoms with E-state index in [-0.39, 0.29) is 23.4 Å². The van der Waals surface area contributed by atoms with Gasteiger partial charge in [-0.2, -0.15) is 0 Å². The second kappa shape index (κ2) is 6.98. The summed E-state index contributed by atoms with van der Waals surface area (Å²) in [6.45, 7) is 3.43. The minimum atomic E-state index is -0.995. The van der Waals surface area contributed by atoms with E-state index >= 15 is 0 Å². The van der Waals surface area contributed by atoms with Gasteiger partial charge in [0.25, 0.3) is 0 Å². The second-order valence-electron chi connectivity index (χ2n) is 7.25. The van der Waals surface area contributed by atoms with Crippen molar-refractivity contribution in [3.8, 4) is 0 Å². The van der Waals surface area contributed by atoms with E-state index in [1.807, 2.05) is 34.9 Å². The topological polar surface area (TPSA) is 86.6 Å². The molecular weight excluding hydrogens is 344 g/mol. The Morgan fingerprint density at radius 2 is 2.07 bits per heavy atom. The molecule has 5 rings (SSSR count). The summed E-state index contributed by atoms with van der Waals surface area (Å²) >= 11 is 0. The lowest BCUT2D eigenvalue weighted by Crippen LogP contribution is -2.47. The van der Waals surface area contributed by atoms with Gasteiger partial charge in [-0.15, -0.1) is 0 Å². The highest BCUT2D eigenvalue weighted by Gasteiger charge is 2.41. The van der Waals surface area contributed by atoms with Crippen molar-refractivity contribution in [1.29, 1.82) is 0 Å². The van der Waals surface area contributed by atoms with Crippen LogP contribution in [-0.4, -0.2) is 51.0 Å². The van der Waals surface area contributed by atoms with Gasteiger partial charge in [0, 0.05) is 31.0 Å². The molecule has 140 valence electrons. The zero-order chi connectivity index (χ0) is 19.0. The summed E-state index contributed by atoms with van der Waals surface area (Å²) in [6, 6.07) is 9.04. The summed E-state index contributed by atoms with van der Waals surface area (Å²) < 4.78 is 0. The van der Waals surface area contributed by atoms with Crippen LogP contribution in [0.4, 0.5) is 5.82 Å². The largest absolute Gasteiger partial charge is 0.478 e. The number of aromatic nitrogens is 2. The molecule has 0 spiro atoms. The Hall–Kier alpha value is -2.96. The number of aromatic carboxylic acids is 1. The Morgan fingerprint density at radius 1 is 1.22 bits per heavy atom. The first kappa shape index (κ1) is 17.5. The molecule has 5 heterocycles. The number of amides is 1. The molecule has 2 aromatic rings. The highest BCUT2D eigenvalue weighted by molar-refractivity contribution is 5.93. The van der Waals surface area contributed by atoms with Crippen LogP contribution in [-0.2, 0) is 11.3 Å². The molecule has 2 atom stereocenters. The highest BCUT2D eigenvalue weighted by Crippen LogP contribution is 2.33. The molecule has 0 saturated carbocycles. The summed E-state index contributed by atoms with van der Waals surface area (Å²) in [4.78, 5) is 37.4. The van der Waals surface area contributed by atoms with Crippen LogP contribution in [0.1, 0.15) is 34.6 Å².